The molecule has 496 valence electrons. The number of fused-ring (bicyclic) bond motifs is 12. The molecule has 6 heterocycles. The molecule has 21 aromatic rings. The van der Waals surface area contributed by atoms with Crippen LogP contribution in [0.5, 0.6) is 0 Å². The van der Waals surface area contributed by atoms with Crippen LogP contribution in [-0.4, -0.2) is 48.2 Å². The first kappa shape index (κ1) is 61.4. The van der Waals surface area contributed by atoms with Crippen molar-refractivity contribution in [1.82, 2.24) is 48.2 Å². The maximum Gasteiger partial charge on any atom is 0.238 e. The lowest BCUT2D eigenvalue weighted by Crippen LogP contribution is -2.06. The molecule has 0 spiro atoms. The molecule has 0 atom stereocenters. The van der Waals surface area contributed by atoms with Gasteiger partial charge in [0.15, 0.2) is 29.1 Å². The van der Waals surface area contributed by atoms with Gasteiger partial charge < -0.3 is 13.7 Å². The van der Waals surface area contributed by atoms with Crippen LogP contribution in [-0.2, 0) is 0 Å². The van der Waals surface area contributed by atoms with Crippen LogP contribution in [0.25, 0.3) is 189 Å². The van der Waals surface area contributed by atoms with Gasteiger partial charge in [-0.25, -0.2) is 19.9 Å². The van der Waals surface area contributed by atoms with E-state index in [0.717, 1.165) is 83.3 Å². The van der Waals surface area contributed by atoms with E-state index in [0.29, 0.717) is 35.1 Å². The van der Waals surface area contributed by atoms with Crippen LogP contribution < -0.4 is 0 Å². The Kier molecular flexibility index (Phi) is 15.0. The molecule has 0 saturated heterocycles. The highest BCUT2D eigenvalue weighted by molar-refractivity contribution is 6.15. The zero-order valence-electron chi connectivity index (χ0n) is 57.3. The molecule has 0 N–H and O–H groups in total. The minimum atomic E-state index is 0.590. The Morgan fingerprint density at radius 1 is 0.142 bits per heavy atom. The van der Waals surface area contributed by atoms with E-state index >= 15 is 0 Å². The summed E-state index contributed by atoms with van der Waals surface area (Å²) in [5.41, 5.74) is 22.0. The number of hydrogen-bond donors (Lipinski definition) is 0. The third-order valence-electron chi connectivity index (χ3n) is 20.4. The van der Waals surface area contributed by atoms with E-state index in [1.807, 2.05) is 121 Å². The minimum absolute atomic E-state index is 0.590. The molecule has 0 aliphatic heterocycles. The summed E-state index contributed by atoms with van der Waals surface area (Å²) < 4.78 is 9.24. The highest BCUT2D eigenvalue weighted by atomic mass is 15.2. The summed E-state index contributed by atoms with van der Waals surface area (Å²) >= 11 is 0. The molecular formula is C96H62N10. The van der Waals surface area contributed by atoms with E-state index in [1.165, 1.54) is 71.1 Å². The average molecular weight is 1360 g/mol. The molecule has 21 rings (SSSR count). The largest absolute Gasteiger partial charge is 0.309 e. The summed E-state index contributed by atoms with van der Waals surface area (Å²) in [5, 5.41) is 9.69. The highest BCUT2D eigenvalue weighted by Crippen LogP contribution is 2.42. The first-order valence-electron chi connectivity index (χ1n) is 35.7. The van der Waals surface area contributed by atoms with Gasteiger partial charge in [0.05, 0.1) is 44.1 Å². The van der Waals surface area contributed by atoms with Crippen LogP contribution in [0.15, 0.2) is 376 Å². The lowest BCUT2D eigenvalue weighted by atomic mass is 10.0. The number of para-hydroxylation sites is 6. The second-order valence-corrected chi connectivity index (χ2v) is 26.6. The molecule has 106 heavy (non-hydrogen) atoms. The van der Waals surface area contributed by atoms with E-state index in [9.17, 15) is 0 Å². The molecule has 0 amide bonds. The quantitative estimate of drug-likeness (QED) is 0.128. The first-order valence-corrected chi connectivity index (χ1v) is 35.7. The SMILES string of the molecule is c1ccc(-c2nc(-c3ccccc3)nc(-c3ccc(-n4c5ccccc5c5cc(-c6ccc7c(c6)c6ccccc6n7-c6ccccc6)ccc54)cc3)n2)cc1.c1ccc(-c2nc(-c3ccccc3)nc(-n3c4ccccc4c4cc(-c5ccc6c(c5)c5ccccc5n6-c5ccccc5)ccc43)n2)cc1. The molecule has 0 saturated carbocycles. The maximum absolute atomic E-state index is 5.08. The number of nitrogens with zero attached hydrogens (tertiary/aromatic N) is 10. The van der Waals surface area contributed by atoms with Crippen LogP contribution in [0.1, 0.15) is 0 Å². The van der Waals surface area contributed by atoms with Crippen LogP contribution in [0.2, 0.25) is 0 Å². The zero-order chi connectivity index (χ0) is 70.0. The standard InChI is InChI=1S/C51H33N5.C45H29N5/c1-4-14-34(15-5-1)49-52-50(35-16-6-2-7-17-35)54-51(53-49)36-24-28-40(29-25-36)56-46-23-13-11-21-42(46)44-33-38(27-31-48(44)56)37-26-30-47-43(32-37)41-20-10-12-22-45(41)55(47)39-18-8-3-9-19-39;1-4-14-30(15-5-1)43-46-44(31-16-6-2-7-17-31)48-45(47-43)50-40-23-13-11-21-36(40)38-29-33(25-27-42(38)50)32-24-26-41-37(28-32)35-20-10-12-22-39(35)49(41)34-18-8-3-9-19-34/h1-33H;1-29H. The van der Waals surface area contributed by atoms with Crippen molar-refractivity contribution in [2.24, 2.45) is 0 Å². The van der Waals surface area contributed by atoms with E-state index in [-0.39, 0.29) is 0 Å². The summed E-state index contributed by atoms with van der Waals surface area (Å²) in [6.45, 7) is 0. The Hall–Kier alpha value is -14.5. The van der Waals surface area contributed by atoms with Gasteiger partial charge in [0.25, 0.3) is 0 Å². The fourth-order valence-corrected chi connectivity index (χ4v) is 15.4. The Bertz CT molecular complexity index is 6790. The van der Waals surface area contributed by atoms with Gasteiger partial charge in [0.2, 0.25) is 5.95 Å². The zero-order valence-corrected chi connectivity index (χ0v) is 57.3. The number of rotatable bonds is 11. The van der Waals surface area contributed by atoms with E-state index < -0.39 is 0 Å². The Morgan fingerprint density at radius 3 is 0.651 bits per heavy atom. The predicted octanol–water partition coefficient (Wildman–Crippen LogP) is 23.8. The number of aromatic nitrogens is 10. The van der Waals surface area contributed by atoms with Crippen LogP contribution in [0.3, 0.4) is 0 Å². The van der Waals surface area contributed by atoms with Gasteiger partial charge in [-0.3, -0.25) is 4.57 Å². The van der Waals surface area contributed by atoms with E-state index in [4.69, 9.17) is 29.9 Å². The van der Waals surface area contributed by atoms with Crippen molar-refractivity contribution in [3.63, 3.8) is 0 Å². The molecule has 0 bridgehead atoms. The first-order chi connectivity index (χ1) is 52.6. The third-order valence-corrected chi connectivity index (χ3v) is 20.4. The predicted molar refractivity (Wildman–Crippen MR) is 435 cm³/mol. The van der Waals surface area contributed by atoms with Crippen molar-refractivity contribution in [2.45, 2.75) is 0 Å². The van der Waals surface area contributed by atoms with Crippen molar-refractivity contribution < 1.29 is 0 Å². The normalized spacial score (nSPS) is 11.6. The van der Waals surface area contributed by atoms with Crippen LogP contribution in [0, 0.1) is 0 Å². The molecule has 0 unspecified atom stereocenters. The highest BCUT2D eigenvalue weighted by Gasteiger charge is 2.22. The molecule has 6 aromatic heterocycles. The van der Waals surface area contributed by atoms with Crippen molar-refractivity contribution in [2.75, 3.05) is 0 Å². The summed E-state index contributed by atoms with van der Waals surface area (Å²) in [6, 6.07) is 132. The molecule has 10 heteroatoms. The van der Waals surface area contributed by atoms with Gasteiger partial charge in [0.1, 0.15) is 0 Å². The molecular weight excluding hydrogens is 1290 g/mol. The molecule has 0 fully saturated rings. The fraction of sp³-hybridized carbons (Fsp3) is 0. The number of benzene rings is 15. The number of hydrogen-bond acceptors (Lipinski definition) is 6. The summed E-state index contributed by atoms with van der Waals surface area (Å²) in [6.07, 6.45) is 0. The molecule has 10 nitrogen and oxygen atoms in total. The lowest BCUT2D eigenvalue weighted by molar-refractivity contribution is 0.953. The van der Waals surface area contributed by atoms with E-state index in [1.54, 1.807) is 0 Å². The van der Waals surface area contributed by atoms with Crippen LogP contribution in [0.4, 0.5) is 0 Å². The Balaban J connectivity index is 0.000000141. The van der Waals surface area contributed by atoms with Gasteiger partial charge in [-0.15, -0.1) is 0 Å². The molecule has 0 aliphatic carbocycles. The maximum atomic E-state index is 5.08. The fourth-order valence-electron chi connectivity index (χ4n) is 15.4. The summed E-state index contributed by atoms with van der Waals surface area (Å²) in [4.78, 5) is 29.9. The second kappa shape index (κ2) is 25.8. The smallest absolute Gasteiger partial charge is 0.238 e. The summed E-state index contributed by atoms with van der Waals surface area (Å²) in [7, 11) is 0. The van der Waals surface area contributed by atoms with Gasteiger partial charge in [-0.05, 0) is 144 Å². The van der Waals surface area contributed by atoms with Crippen molar-refractivity contribution >= 4 is 87.2 Å². The topological polar surface area (TPSA) is 97.1 Å². The van der Waals surface area contributed by atoms with Crippen LogP contribution >= 0.6 is 0 Å². The van der Waals surface area contributed by atoms with Crippen molar-refractivity contribution in [3.8, 4) is 102 Å². The van der Waals surface area contributed by atoms with Gasteiger partial charge in [0, 0.05) is 88.0 Å². The Morgan fingerprint density at radius 2 is 0.349 bits per heavy atom. The second-order valence-electron chi connectivity index (χ2n) is 26.6. The lowest BCUT2D eigenvalue weighted by Gasteiger charge is -2.11. The third kappa shape index (κ3) is 10.7. The van der Waals surface area contributed by atoms with E-state index in [2.05, 4.69) is 273 Å². The van der Waals surface area contributed by atoms with Crippen molar-refractivity contribution in [3.05, 3.63) is 376 Å². The molecule has 0 aliphatic rings. The van der Waals surface area contributed by atoms with Crippen molar-refractivity contribution in [1.29, 1.82) is 0 Å². The van der Waals surface area contributed by atoms with Gasteiger partial charge in [-0.1, -0.05) is 255 Å². The minimum Gasteiger partial charge on any atom is -0.309 e. The molecule has 0 radical (unpaired) electrons. The Labute approximate surface area is 610 Å². The van der Waals surface area contributed by atoms with Gasteiger partial charge >= 0.3 is 0 Å². The molecule has 15 aromatic carbocycles. The van der Waals surface area contributed by atoms with Gasteiger partial charge in [-0.2, -0.15) is 9.97 Å². The summed E-state index contributed by atoms with van der Waals surface area (Å²) in [5.74, 6) is 3.81. The monoisotopic (exact) mass is 1350 g/mol. The average Bonchev–Trinajstić information content (AvgIpc) is 1.59.